The molecule has 2 heterocycles. The van der Waals surface area contributed by atoms with E-state index in [0.717, 1.165) is 28.5 Å². The van der Waals surface area contributed by atoms with Gasteiger partial charge in [0, 0.05) is 25.9 Å². The smallest absolute Gasteiger partial charge is 0.171 e. The van der Waals surface area contributed by atoms with Crippen molar-refractivity contribution in [1.29, 1.82) is 0 Å². The third-order valence-electron chi connectivity index (χ3n) is 4.12. The van der Waals surface area contributed by atoms with Gasteiger partial charge in [0.2, 0.25) is 0 Å². The summed E-state index contributed by atoms with van der Waals surface area (Å²) in [7, 11) is 0. The van der Waals surface area contributed by atoms with Gasteiger partial charge in [-0.1, -0.05) is 20.3 Å². The molecule has 1 fully saturated rings. The van der Waals surface area contributed by atoms with Crippen LogP contribution in [0.1, 0.15) is 73.2 Å². The number of hydrogen-bond donors (Lipinski definition) is 0. The molecule has 1 aliphatic heterocycles. The first-order chi connectivity index (χ1) is 9.49. The van der Waals surface area contributed by atoms with Gasteiger partial charge in [-0.15, -0.1) is 11.3 Å². The highest BCUT2D eigenvalue weighted by atomic mass is 32.1. The van der Waals surface area contributed by atoms with E-state index in [2.05, 4.69) is 25.7 Å². The minimum Gasteiger partial charge on any atom is -0.300 e. The van der Waals surface area contributed by atoms with Crippen LogP contribution in [0.5, 0.6) is 0 Å². The standard InChI is InChI=1S/C16H26N2OS/c1-11(2)15-16(13(4)19)20-14(17-15)8-10-18-9-6-5-7-12(18)3/h11-12H,5-10H2,1-4H3. The molecule has 112 valence electrons. The van der Waals surface area contributed by atoms with Crippen molar-refractivity contribution in [3.8, 4) is 0 Å². The molecule has 0 bridgehead atoms. The van der Waals surface area contributed by atoms with E-state index in [4.69, 9.17) is 4.98 Å². The first-order valence-electron chi connectivity index (χ1n) is 7.73. The number of carbonyl (C=O) groups excluding carboxylic acids is 1. The molecule has 3 nitrogen and oxygen atoms in total. The lowest BCUT2D eigenvalue weighted by Gasteiger charge is -2.33. The summed E-state index contributed by atoms with van der Waals surface area (Å²) < 4.78 is 0. The normalized spacial score (nSPS) is 20.6. The van der Waals surface area contributed by atoms with Crippen LogP contribution in [-0.2, 0) is 6.42 Å². The molecule has 2 rings (SSSR count). The lowest BCUT2D eigenvalue weighted by atomic mass is 10.0. The van der Waals surface area contributed by atoms with E-state index >= 15 is 0 Å². The summed E-state index contributed by atoms with van der Waals surface area (Å²) in [5.74, 6) is 0.483. The first kappa shape index (κ1) is 15.6. The molecule has 1 unspecified atom stereocenters. The van der Waals surface area contributed by atoms with E-state index < -0.39 is 0 Å². The number of piperidine rings is 1. The van der Waals surface area contributed by atoms with Crippen LogP contribution in [0.15, 0.2) is 0 Å². The molecule has 0 spiro atoms. The van der Waals surface area contributed by atoms with Gasteiger partial charge in [0.05, 0.1) is 15.6 Å². The molecule has 1 aromatic rings. The molecule has 0 saturated carbocycles. The summed E-state index contributed by atoms with van der Waals surface area (Å²) >= 11 is 1.60. The lowest BCUT2D eigenvalue weighted by molar-refractivity contribution is 0.102. The van der Waals surface area contributed by atoms with Crippen molar-refractivity contribution >= 4 is 17.1 Å². The molecule has 1 aromatic heterocycles. The van der Waals surface area contributed by atoms with Crippen LogP contribution in [0, 0.1) is 0 Å². The molecule has 1 aliphatic rings. The molecule has 20 heavy (non-hydrogen) atoms. The Morgan fingerprint density at radius 3 is 2.75 bits per heavy atom. The van der Waals surface area contributed by atoms with E-state index in [0.29, 0.717) is 12.0 Å². The van der Waals surface area contributed by atoms with Gasteiger partial charge >= 0.3 is 0 Å². The molecule has 1 atom stereocenters. The van der Waals surface area contributed by atoms with Gasteiger partial charge in [0.25, 0.3) is 0 Å². The maximum atomic E-state index is 11.7. The van der Waals surface area contributed by atoms with Gasteiger partial charge in [-0.05, 0) is 32.2 Å². The van der Waals surface area contributed by atoms with E-state index in [1.165, 1.54) is 25.8 Å². The summed E-state index contributed by atoms with van der Waals surface area (Å²) in [4.78, 5) is 19.8. The van der Waals surface area contributed by atoms with Crippen molar-refractivity contribution in [1.82, 2.24) is 9.88 Å². The number of ketones is 1. The number of hydrogen-bond acceptors (Lipinski definition) is 4. The van der Waals surface area contributed by atoms with E-state index in [1.54, 1.807) is 18.3 Å². The summed E-state index contributed by atoms with van der Waals surface area (Å²) in [6.45, 7) is 10.5. The Bertz CT molecular complexity index is 467. The van der Waals surface area contributed by atoms with Crippen LogP contribution >= 0.6 is 11.3 Å². The highest BCUT2D eigenvalue weighted by molar-refractivity contribution is 7.13. The Kier molecular flexibility index (Phi) is 5.33. The Morgan fingerprint density at radius 2 is 2.20 bits per heavy atom. The molecule has 0 aliphatic carbocycles. The Morgan fingerprint density at radius 1 is 1.45 bits per heavy atom. The number of rotatable bonds is 5. The topological polar surface area (TPSA) is 33.2 Å². The van der Waals surface area contributed by atoms with Crippen LogP contribution in [0.4, 0.5) is 0 Å². The molecular weight excluding hydrogens is 268 g/mol. The SMILES string of the molecule is CC(=O)c1sc(CCN2CCCCC2C)nc1C(C)C. The van der Waals surface area contributed by atoms with Crippen molar-refractivity contribution in [2.75, 3.05) is 13.1 Å². The maximum Gasteiger partial charge on any atom is 0.171 e. The number of Topliss-reactive ketones (excluding diaryl/α,β-unsaturated/α-hetero) is 1. The fourth-order valence-electron chi connectivity index (χ4n) is 2.86. The largest absolute Gasteiger partial charge is 0.300 e. The monoisotopic (exact) mass is 294 g/mol. The van der Waals surface area contributed by atoms with Crippen molar-refractivity contribution < 1.29 is 4.79 Å². The zero-order valence-electron chi connectivity index (χ0n) is 13.1. The summed E-state index contributed by atoms with van der Waals surface area (Å²) in [5.41, 5.74) is 0.990. The predicted octanol–water partition coefficient (Wildman–Crippen LogP) is 3.89. The average Bonchev–Trinajstić information content (AvgIpc) is 2.82. The number of likely N-dealkylation sites (tertiary alicyclic amines) is 1. The van der Waals surface area contributed by atoms with Gasteiger partial charge in [-0.3, -0.25) is 4.79 Å². The minimum absolute atomic E-state index is 0.156. The van der Waals surface area contributed by atoms with Crippen molar-refractivity contribution in [2.24, 2.45) is 0 Å². The summed E-state index contributed by atoms with van der Waals surface area (Å²) in [6, 6.07) is 0.695. The highest BCUT2D eigenvalue weighted by Crippen LogP contribution is 2.26. The van der Waals surface area contributed by atoms with Crippen LogP contribution in [0.2, 0.25) is 0 Å². The Labute approximate surface area is 126 Å². The van der Waals surface area contributed by atoms with Crippen LogP contribution in [-0.4, -0.2) is 34.8 Å². The number of thiazole rings is 1. The van der Waals surface area contributed by atoms with Gasteiger partial charge in [-0.25, -0.2) is 4.98 Å². The third-order valence-corrected chi connectivity index (χ3v) is 5.35. The second kappa shape index (κ2) is 6.81. The van der Waals surface area contributed by atoms with Gasteiger partial charge in [-0.2, -0.15) is 0 Å². The van der Waals surface area contributed by atoms with Crippen molar-refractivity contribution in [3.63, 3.8) is 0 Å². The van der Waals surface area contributed by atoms with Crippen molar-refractivity contribution in [3.05, 3.63) is 15.6 Å². The zero-order chi connectivity index (χ0) is 14.7. The Hall–Kier alpha value is -0.740. The first-order valence-corrected chi connectivity index (χ1v) is 8.55. The molecule has 0 aromatic carbocycles. The zero-order valence-corrected chi connectivity index (χ0v) is 13.9. The second-order valence-electron chi connectivity index (χ2n) is 6.16. The van der Waals surface area contributed by atoms with Gasteiger partial charge in [0.15, 0.2) is 5.78 Å². The van der Waals surface area contributed by atoms with Gasteiger partial charge < -0.3 is 4.90 Å². The van der Waals surface area contributed by atoms with Crippen LogP contribution in [0.3, 0.4) is 0 Å². The number of nitrogens with zero attached hydrogens (tertiary/aromatic N) is 2. The fraction of sp³-hybridized carbons (Fsp3) is 0.750. The van der Waals surface area contributed by atoms with Crippen molar-refractivity contribution in [2.45, 2.75) is 65.3 Å². The summed E-state index contributed by atoms with van der Waals surface area (Å²) in [6.07, 6.45) is 4.97. The lowest BCUT2D eigenvalue weighted by Crippen LogP contribution is -2.38. The molecule has 4 heteroatoms. The van der Waals surface area contributed by atoms with Crippen LogP contribution < -0.4 is 0 Å². The number of carbonyl (C=O) groups is 1. The maximum absolute atomic E-state index is 11.7. The van der Waals surface area contributed by atoms with E-state index in [-0.39, 0.29) is 5.78 Å². The molecular formula is C16H26N2OS. The third kappa shape index (κ3) is 3.67. The van der Waals surface area contributed by atoms with E-state index in [1.807, 2.05) is 0 Å². The molecule has 0 amide bonds. The van der Waals surface area contributed by atoms with E-state index in [9.17, 15) is 4.79 Å². The average molecular weight is 294 g/mol. The minimum atomic E-state index is 0.156. The molecule has 1 saturated heterocycles. The quantitative estimate of drug-likeness (QED) is 0.773. The van der Waals surface area contributed by atoms with Gasteiger partial charge in [0.1, 0.15) is 0 Å². The molecule has 0 radical (unpaired) electrons. The predicted molar refractivity (Wildman–Crippen MR) is 84.8 cm³/mol. The fourth-order valence-corrected chi connectivity index (χ4v) is 3.96. The summed E-state index contributed by atoms with van der Waals surface area (Å²) in [5, 5.41) is 1.12. The Balaban J connectivity index is 2.02. The molecule has 0 N–H and O–H groups in total. The highest BCUT2D eigenvalue weighted by Gasteiger charge is 2.20. The van der Waals surface area contributed by atoms with Crippen LogP contribution in [0.25, 0.3) is 0 Å². The second-order valence-corrected chi connectivity index (χ2v) is 7.25. The number of aromatic nitrogens is 1.